The summed E-state index contributed by atoms with van der Waals surface area (Å²) in [6, 6.07) is 5.32. The van der Waals surface area contributed by atoms with Gasteiger partial charge in [0.05, 0.1) is 15.7 Å². The van der Waals surface area contributed by atoms with Gasteiger partial charge in [0.1, 0.15) is 5.82 Å². The van der Waals surface area contributed by atoms with E-state index in [9.17, 15) is 0 Å². The molecule has 2 aromatic rings. The van der Waals surface area contributed by atoms with Crippen molar-refractivity contribution in [2.45, 2.75) is 6.54 Å². The van der Waals surface area contributed by atoms with Crippen LogP contribution in [0.1, 0.15) is 5.69 Å². The molecule has 1 heterocycles. The molecular formula is C12H13Cl2N5. The minimum Gasteiger partial charge on any atom is -0.383 e. The molecule has 2 rings (SSSR count). The smallest absolute Gasteiger partial charge is 0.222 e. The van der Waals surface area contributed by atoms with Crippen LogP contribution in [0, 0.1) is 0 Å². The van der Waals surface area contributed by atoms with Gasteiger partial charge < -0.3 is 16.8 Å². The zero-order chi connectivity index (χ0) is 14.0. The summed E-state index contributed by atoms with van der Waals surface area (Å²) in [6.07, 6.45) is 0. The van der Waals surface area contributed by atoms with E-state index in [1.54, 1.807) is 19.2 Å². The Labute approximate surface area is 120 Å². The summed E-state index contributed by atoms with van der Waals surface area (Å²) in [5, 5.41) is 3.87. The first-order valence-corrected chi connectivity index (χ1v) is 6.31. The Balaban J connectivity index is 2.70. The van der Waals surface area contributed by atoms with Crippen LogP contribution >= 0.6 is 23.2 Å². The molecule has 5 nitrogen and oxygen atoms in total. The van der Waals surface area contributed by atoms with Gasteiger partial charge in [-0.1, -0.05) is 35.3 Å². The van der Waals surface area contributed by atoms with Crippen molar-refractivity contribution in [2.75, 3.05) is 18.5 Å². The van der Waals surface area contributed by atoms with Gasteiger partial charge in [-0.25, -0.2) is 4.98 Å². The van der Waals surface area contributed by atoms with Crippen LogP contribution in [0.25, 0.3) is 11.1 Å². The fourth-order valence-corrected chi connectivity index (χ4v) is 2.23. The lowest BCUT2D eigenvalue weighted by Crippen LogP contribution is -2.13. The lowest BCUT2D eigenvalue weighted by Gasteiger charge is -2.13. The molecule has 7 heteroatoms. The molecule has 0 aliphatic carbocycles. The van der Waals surface area contributed by atoms with Crippen molar-refractivity contribution in [3.05, 3.63) is 33.9 Å². The summed E-state index contributed by atoms with van der Waals surface area (Å²) in [5.41, 5.74) is 13.6. The fourth-order valence-electron chi connectivity index (χ4n) is 1.83. The highest BCUT2D eigenvalue weighted by Crippen LogP contribution is 2.37. The maximum Gasteiger partial charge on any atom is 0.222 e. The Morgan fingerprint density at radius 2 is 1.95 bits per heavy atom. The Hall–Kier alpha value is -1.56. The van der Waals surface area contributed by atoms with Gasteiger partial charge in [0, 0.05) is 17.7 Å². The first kappa shape index (κ1) is 13.9. The molecular weight excluding hydrogens is 285 g/mol. The molecule has 0 radical (unpaired) electrons. The number of nitrogens with two attached hydrogens (primary N) is 2. The number of hydrogen-bond acceptors (Lipinski definition) is 5. The molecule has 100 valence electrons. The standard InChI is InChI=1S/C12H13Cl2N5/c1-17-5-8-9(11(15)19-12(16)18-8)6-3-2-4-7(13)10(6)14/h2-4,17H,5H2,1H3,(H4,15,16,18,19). The van der Waals surface area contributed by atoms with E-state index < -0.39 is 0 Å². The second-order valence-corrected chi connectivity index (χ2v) is 4.71. The quantitative estimate of drug-likeness (QED) is 0.809. The number of hydrogen-bond donors (Lipinski definition) is 3. The third kappa shape index (κ3) is 2.73. The number of anilines is 2. The fraction of sp³-hybridized carbons (Fsp3) is 0.167. The van der Waals surface area contributed by atoms with E-state index in [4.69, 9.17) is 34.7 Å². The van der Waals surface area contributed by atoms with Crippen LogP contribution in [-0.4, -0.2) is 17.0 Å². The zero-order valence-corrected chi connectivity index (χ0v) is 11.8. The predicted octanol–water partition coefficient (Wildman–Crippen LogP) is 2.33. The minimum absolute atomic E-state index is 0.129. The van der Waals surface area contributed by atoms with Crippen LogP contribution in [0.2, 0.25) is 10.0 Å². The molecule has 0 unspecified atom stereocenters. The van der Waals surface area contributed by atoms with Crippen LogP contribution < -0.4 is 16.8 Å². The molecule has 0 aliphatic heterocycles. The predicted molar refractivity (Wildman–Crippen MR) is 79.1 cm³/mol. The maximum absolute atomic E-state index is 6.22. The molecule has 5 N–H and O–H groups in total. The van der Waals surface area contributed by atoms with E-state index in [1.165, 1.54) is 0 Å². The highest BCUT2D eigenvalue weighted by Gasteiger charge is 2.16. The molecule has 0 spiro atoms. The number of nitrogens with one attached hydrogen (secondary N) is 1. The lowest BCUT2D eigenvalue weighted by molar-refractivity contribution is 0.791. The van der Waals surface area contributed by atoms with E-state index in [0.29, 0.717) is 33.4 Å². The van der Waals surface area contributed by atoms with Crippen molar-refractivity contribution in [3.63, 3.8) is 0 Å². The third-order valence-corrected chi connectivity index (χ3v) is 3.41. The average Bonchev–Trinajstić information content (AvgIpc) is 2.34. The van der Waals surface area contributed by atoms with Gasteiger partial charge in [-0.05, 0) is 13.1 Å². The average molecular weight is 298 g/mol. The number of nitrogen functional groups attached to an aromatic ring is 2. The van der Waals surface area contributed by atoms with Crippen LogP contribution in [0.4, 0.5) is 11.8 Å². The molecule has 0 bridgehead atoms. The summed E-state index contributed by atoms with van der Waals surface area (Å²) in [4.78, 5) is 8.17. The van der Waals surface area contributed by atoms with E-state index in [2.05, 4.69) is 15.3 Å². The van der Waals surface area contributed by atoms with E-state index >= 15 is 0 Å². The van der Waals surface area contributed by atoms with Crippen LogP contribution in [0.3, 0.4) is 0 Å². The summed E-state index contributed by atoms with van der Waals surface area (Å²) in [6.45, 7) is 0.495. The van der Waals surface area contributed by atoms with Crippen molar-refractivity contribution in [1.29, 1.82) is 0 Å². The normalized spacial score (nSPS) is 10.7. The summed E-state index contributed by atoms with van der Waals surface area (Å²) >= 11 is 12.2. The van der Waals surface area contributed by atoms with E-state index in [1.807, 2.05) is 6.07 Å². The first-order valence-electron chi connectivity index (χ1n) is 5.55. The van der Waals surface area contributed by atoms with Gasteiger partial charge in [-0.15, -0.1) is 0 Å². The monoisotopic (exact) mass is 297 g/mol. The Morgan fingerprint density at radius 3 is 2.63 bits per heavy atom. The topological polar surface area (TPSA) is 89.8 Å². The van der Waals surface area contributed by atoms with Crippen molar-refractivity contribution in [2.24, 2.45) is 0 Å². The van der Waals surface area contributed by atoms with E-state index in [0.717, 1.165) is 0 Å². The van der Waals surface area contributed by atoms with Crippen molar-refractivity contribution in [1.82, 2.24) is 15.3 Å². The summed E-state index contributed by atoms with van der Waals surface area (Å²) in [7, 11) is 1.80. The number of benzene rings is 1. The number of rotatable bonds is 3. The minimum atomic E-state index is 0.129. The van der Waals surface area contributed by atoms with Crippen molar-refractivity contribution < 1.29 is 0 Å². The number of nitrogens with zero attached hydrogens (tertiary/aromatic N) is 2. The van der Waals surface area contributed by atoms with Crippen LogP contribution in [0.5, 0.6) is 0 Å². The van der Waals surface area contributed by atoms with Gasteiger partial charge in [0.15, 0.2) is 0 Å². The highest BCUT2D eigenvalue weighted by molar-refractivity contribution is 6.43. The third-order valence-electron chi connectivity index (χ3n) is 2.59. The molecule has 0 atom stereocenters. The molecule has 0 saturated carbocycles. The highest BCUT2D eigenvalue weighted by atomic mass is 35.5. The molecule has 0 saturated heterocycles. The number of aromatic nitrogens is 2. The van der Waals surface area contributed by atoms with Crippen molar-refractivity contribution in [3.8, 4) is 11.1 Å². The van der Waals surface area contributed by atoms with E-state index in [-0.39, 0.29) is 11.8 Å². The second-order valence-electron chi connectivity index (χ2n) is 3.92. The SMILES string of the molecule is CNCc1nc(N)nc(N)c1-c1cccc(Cl)c1Cl. The van der Waals surface area contributed by atoms with Gasteiger partial charge in [-0.3, -0.25) is 0 Å². The van der Waals surface area contributed by atoms with Crippen LogP contribution in [-0.2, 0) is 6.54 Å². The second kappa shape index (κ2) is 5.61. The maximum atomic E-state index is 6.22. The number of halogens is 2. The van der Waals surface area contributed by atoms with Crippen molar-refractivity contribution >= 4 is 35.0 Å². The Kier molecular flexibility index (Phi) is 4.09. The van der Waals surface area contributed by atoms with Gasteiger partial charge in [0.25, 0.3) is 0 Å². The Morgan fingerprint density at radius 1 is 1.21 bits per heavy atom. The summed E-state index contributed by atoms with van der Waals surface area (Å²) in [5.74, 6) is 0.409. The molecule has 1 aromatic heterocycles. The molecule has 1 aromatic carbocycles. The molecule has 0 fully saturated rings. The van der Waals surface area contributed by atoms with Gasteiger partial charge in [-0.2, -0.15) is 4.98 Å². The lowest BCUT2D eigenvalue weighted by atomic mass is 10.0. The molecule has 0 amide bonds. The molecule has 19 heavy (non-hydrogen) atoms. The molecule has 0 aliphatic rings. The van der Waals surface area contributed by atoms with Crippen LogP contribution in [0.15, 0.2) is 18.2 Å². The van der Waals surface area contributed by atoms with Gasteiger partial charge >= 0.3 is 0 Å². The first-order chi connectivity index (χ1) is 9.04. The zero-order valence-electron chi connectivity index (χ0n) is 10.2. The summed E-state index contributed by atoms with van der Waals surface area (Å²) < 4.78 is 0. The van der Waals surface area contributed by atoms with Gasteiger partial charge in [0.2, 0.25) is 5.95 Å². The Bertz CT molecular complexity index is 615. The largest absolute Gasteiger partial charge is 0.383 e.